The molecule has 2 N–H and O–H groups in total. The maximum absolute atomic E-state index is 6.07. The van der Waals surface area contributed by atoms with Crippen LogP contribution in [0.5, 0.6) is 0 Å². The number of morpholine rings is 1. The van der Waals surface area contributed by atoms with Crippen molar-refractivity contribution in [2.45, 2.75) is 71.3 Å². The smallest absolute Gasteiger partial charge is 0.235 e. The first-order valence-electron chi connectivity index (χ1n) is 13.5. The first-order valence-corrected chi connectivity index (χ1v) is 14.3. The standard InChI is InChI=1S/C28H33N7O2S/c1-13(2)21-22-16(5)24(17-8-18(9-17)26-33-34-27(37-26)20-11-36-7-6-29-20)38-28(22)32-23(21)19-10-35-25(30-12-31-35)15(4)14(19)3/h10,12-13,17-18,20,29,32H,6-9,11H2,1-5H3/t17?,18?,20-/m0/s1. The van der Waals surface area contributed by atoms with E-state index in [1.165, 1.54) is 48.6 Å². The monoisotopic (exact) mass is 531 g/mol. The van der Waals surface area contributed by atoms with Crippen molar-refractivity contribution in [3.8, 4) is 11.3 Å². The van der Waals surface area contributed by atoms with Gasteiger partial charge in [-0.2, -0.15) is 5.10 Å². The number of aryl methyl sites for hydroxylation is 2. The van der Waals surface area contributed by atoms with Gasteiger partial charge in [-0.3, -0.25) is 0 Å². The van der Waals surface area contributed by atoms with Gasteiger partial charge in [0, 0.05) is 34.5 Å². The van der Waals surface area contributed by atoms with Crippen molar-refractivity contribution in [2.24, 2.45) is 0 Å². The van der Waals surface area contributed by atoms with Crippen molar-refractivity contribution in [1.29, 1.82) is 0 Å². The maximum Gasteiger partial charge on any atom is 0.235 e. The number of fused-ring (bicyclic) bond motifs is 2. The van der Waals surface area contributed by atoms with Gasteiger partial charge in [-0.15, -0.1) is 21.5 Å². The van der Waals surface area contributed by atoms with Crippen LogP contribution >= 0.6 is 11.3 Å². The fourth-order valence-electron chi connectivity index (χ4n) is 6.19. The van der Waals surface area contributed by atoms with Gasteiger partial charge in [0.05, 0.1) is 18.9 Å². The van der Waals surface area contributed by atoms with Crippen LogP contribution in [0.15, 0.2) is 16.9 Å². The first-order chi connectivity index (χ1) is 18.4. The maximum atomic E-state index is 6.07. The van der Waals surface area contributed by atoms with Crippen LogP contribution in [0.1, 0.15) is 89.4 Å². The molecule has 198 valence electrons. The van der Waals surface area contributed by atoms with Crippen LogP contribution in [-0.2, 0) is 4.74 Å². The average Bonchev–Trinajstić information content (AvgIpc) is 3.67. The molecule has 0 radical (unpaired) electrons. The lowest BCUT2D eigenvalue weighted by atomic mass is 9.73. The Labute approximate surface area is 225 Å². The summed E-state index contributed by atoms with van der Waals surface area (Å²) in [5, 5.41) is 17.9. The molecule has 9 nitrogen and oxygen atoms in total. The Morgan fingerprint density at radius 1 is 1.05 bits per heavy atom. The number of pyridine rings is 1. The quantitative estimate of drug-likeness (QED) is 0.300. The van der Waals surface area contributed by atoms with Gasteiger partial charge in [-0.1, -0.05) is 13.8 Å². The Bertz CT molecular complexity index is 1650. The molecule has 0 spiro atoms. The third-order valence-electron chi connectivity index (χ3n) is 8.47. The number of rotatable bonds is 5. The fourth-order valence-corrected chi connectivity index (χ4v) is 7.54. The van der Waals surface area contributed by atoms with Gasteiger partial charge in [-0.05, 0) is 67.7 Å². The fraction of sp³-hybridized carbons (Fsp3) is 0.500. The number of nitrogens with zero attached hydrogens (tertiary/aromatic N) is 5. The molecule has 6 heterocycles. The molecule has 1 saturated carbocycles. The van der Waals surface area contributed by atoms with Crippen LogP contribution < -0.4 is 5.32 Å². The molecular weight excluding hydrogens is 498 g/mol. The van der Waals surface area contributed by atoms with Crippen molar-refractivity contribution in [1.82, 2.24) is 35.1 Å². The van der Waals surface area contributed by atoms with Crippen LogP contribution in [0, 0.1) is 20.8 Å². The number of thiophene rings is 1. The molecule has 38 heavy (non-hydrogen) atoms. The molecule has 7 rings (SSSR count). The third-order valence-corrected chi connectivity index (χ3v) is 9.84. The summed E-state index contributed by atoms with van der Waals surface area (Å²) in [5.74, 6) is 2.65. The lowest BCUT2D eigenvalue weighted by molar-refractivity contribution is 0.0672. The van der Waals surface area contributed by atoms with E-state index < -0.39 is 0 Å². The Balaban J connectivity index is 1.18. The summed E-state index contributed by atoms with van der Waals surface area (Å²) >= 11 is 1.91. The number of nitrogens with one attached hydrogen (secondary N) is 2. The van der Waals surface area contributed by atoms with Crippen LogP contribution in [0.3, 0.4) is 0 Å². The van der Waals surface area contributed by atoms with Crippen molar-refractivity contribution in [2.75, 3.05) is 19.8 Å². The second-order valence-electron chi connectivity index (χ2n) is 11.1. The lowest BCUT2D eigenvalue weighted by Crippen LogP contribution is -2.34. The van der Waals surface area contributed by atoms with Gasteiger partial charge in [0.25, 0.3) is 0 Å². The molecule has 10 heteroatoms. The molecule has 1 aliphatic heterocycles. The molecule has 2 aliphatic rings. The summed E-state index contributed by atoms with van der Waals surface area (Å²) in [6, 6.07) is 0.00240. The van der Waals surface area contributed by atoms with Gasteiger partial charge in [-0.25, -0.2) is 9.50 Å². The number of aromatic nitrogens is 6. The Kier molecular flexibility index (Phi) is 5.68. The van der Waals surface area contributed by atoms with E-state index in [9.17, 15) is 0 Å². The topological polar surface area (TPSA) is 106 Å². The number of ether oxygens (including phenoxy) is 1. The van der Waals surface area contributed by atoms with Crippen LogP contribution in [0.4, 0.5) is 0 Å². The van der Waals surface area contributed by atoms with E-state index in [4.69, 9.17) is 9.15 Å². The van der Waals surface area contributed by atoms with E-state index in [1.807, 2.05) is 15.9 Å². The van der Waals surface area contributed by atoms with E-state index in [1.54, 1.807) is 6.33 Å². The van der Waals surface area contributed by atoms with Gasteiger partial charge in [0.2, 0.25) is 11.8 Å². The molecule has 5 aromatic rings. The second kappa shape index (κ2) is 9.00. The van der Waals surface area contributed by atoms with Crippen molar-refractivity contribution in [3.05, 3.63) is 51.4 Å². The Hall–Kier alpha value is -3.08. The molecule has 0 unspecified atom stereocenters. The SMILES string of the molecule is Cc1c(-c2[nH]c3sc(C4CC(c5nnc([C@@H]6COCCN6)o5)C4)c(C)c3c2C(C)C)cn2ncnc2c1C. The summed E-state index contributed by atoms with van der Waals surface area (Å²) < 4.78 is 13.5. The van der Waals surface area contributed by atoms with Crippen molar-refractivity contribution >= 4 is 27.2 Å². The molecular formula is C28H33N7O2S. The van der Waals surface area contributed by atoms with Crippen LogP contribution in [-0.4, -0.2) is 49.5 Å². The number of hydrogen-bond acceptors (Lipinski definition) is 8. The van der Waals surface area contributed by atoms with Gasteiger partial charge < -0.3 is 19.5 Å². The molecule has 0 bridgehead atoms. The minimum absolute atomic E-state index is 0.00240. The summed E-state index contributed by atoms with van der Waals surface area (Å²) in [6.45, 7) is 13.3. The zero-order valence-electron chi connectivity index (χ0n) is 22.5. The average molecular weight is 532 g/mol. The molecule has 5 aromatic heterocycles. The number of hydrogen-bond donors (Lipinski definition) is 2. The predicted octanol–water partition coefficient (Wildman–Crippen LogP) is 5.69. The summed E-state index contributed by atoms with van der Waals surface area (Å²) in [6.07, 6.45) is 5.84. The summed E-state index contributed by atoms with van der Waals surface area (Å²) in [7, 11) is 0. The number of aromatic amines is 1. The summed E-state index contributed by atoms with van der Waals surface area (Å²) in [4.78, 5) is 11.0. The van der Waals surface area contributed by atoms with Crippen LogP contribution in [0.2, 0.25) is 0 Å². The van der Waals surface area contributed by atoms with E-state index in [2.05, 4.69) is 71.4 Å². The number of H-pyrrole nitrogens is 1. The summed E-state index contributed by atoms with van der Waals surface area (Å²) in [5.41, 5.74) is 8.53. The molecule has 0 aromatic carbocycles. The normalized spacial score (nSPS) is 22.1. The highest BCUT2D eigenvalue weighted by molar-refractivity contribution is 7.19. The Morgan fingerprint density at radius 3 is 2.63 bits per heavy atom. The second-order valence-corrected chi connectivity index (χ2v) is 12.2. The predicted molar refractivity (Wildman–Crippen MR) is 147 cm³/mol. The highest BCUT2D eigenvalue weighted by Gasteiger charge is 2.38. The van der Waals surface area contributed by atoms with Gasteiger partial charge in [0.15, 0.2) is 5.65 Å². The van der Waals surface area contributed by atoms with Gasteiger partial charge in [0.1, 0.15) is 17.2 Å². The van der Waals surface area contributed by atoms with Crippen LogP contribution in [0.25, 0.3) is 27.1 Å². The van der Waals surface area contributed by atoms with E-state index in [0.29, 0.717) is 30.3 Å². The molecule has 1 atom stereocenters. The third kappa shape index (κ3) is 3.65. The minimum atomic E-state index is 0.00240. The molecule has 2 fully saturated rings. The lowest BCUT2D eigenvalue weighted by Gasteiger charge is -2.33. The van der Waals surface area contributed by atoms with E-state index in [-0.39, 0.29) is 6.04 Å². The molecule has 0 amide bonds. The van der Waals surface area contributed by atoms with Crippen molar-refractivity contribution in [3.63, 3.8) is 0 Å². The highest BCUT2D eigenvalue weighted by Crippen LogP contribution is 2.53. The van der Waals surface area contributed by atoms with Crippen molar-refractivity contribution < 1.29 is 9.15 Å². The highest BCUT2D eigenvalue weighted by atomic mass is 32.1. The van der Waals surface area contributed by atoms with Gasteiger partial charge >= 0.3 is 0 Å². The zero-order chi connectivity index (χ0) is 26.1. The molecule has 1 aliphatic carbocycles. The Morgan fingerprint density at radius 2 is 1.87 bits per heavy atom. The minimum Gasteiger partial charge on any atom is -0.423 e. The largest absolute Gasteiger partial charge is 0.423 e. The first kappa shape index (κ1) is 24.0. The molecule has 1 saturated heterocycles. The van der Waals surface area contributed by atoms with E-state index in [0.717, 1.165) is 37.5 Å². The van der Waals surface area contributed by atoms with E-state index >= 15 is 0 Å². The zero-order valence-corrected chi connectivity index (χ0v) is 23.3.